The van der Waals surface area contributed by atoms with Crippen LogP contribution in [0.15, 0.2) is 48.5 Å². The first-order valence-electron chi connectivity index (χ1n) is 12.6. The summed E-state index contributed by atoms with van der Waals surface area (Å²) < 4.78 is 5.68. The second-order valence-corrected chi connectivity index (χ2v) is 10.1. The van der Waals surface area contributed by atoms with Crippen LogP contribution in [0.4, 0.5) is 4.79 Å². The zero-order valence-electron chi connectivity index (χ0n) is 19.7. The van der Waals surface area contributed by atoms with Crippen LogP contribution in [0, 0.1) is 11.8 Å². The fourth-order valence-electron chi connectivity index (χ4n) is 6.18. The number of rotatable bonds is 7. The van der Waals surface area contributed by atoms with E-state index in [2.05, 4.69) is 34.9 Å². The molecule has 3 aliphatic carbocycles. The predicted octanol–water partition coefficient (Wildman–Crippen LogP) is 4.45. The molecule has 7 nitrogen and oxygen atoms in total. The number of aliphatic carboxylic acids is 1. The van der Waals surface area contributed by atoms with Crippen molar-refractivity contribution in [3.8, 4) is 11.1 Å². The molecule has 4 atom stereocenters. The van der Waals surface area contributed by atoms with E-state index in [-0.39, 0.29) is 48.8 Å². The highest BCUT2D eigenvalue weighted by atomic mass is 16.5. The van der Waals surface area contributed by atoms with Gasteiger partial charge in [0.25, 0.3) is 0 Å². The number of alkyl carbamates (subject to hydrolysis) is 1. The van der Waals surface area contributed by atoms with Gasteiger partial charge in [0.05, 0.1) is 5.92 Å². The lowest BCUT2D eigenvalue weighted by Gasteiger charge is -2.23. The van der Waals surface area contributed by atoms with Gasteiger partial charge in [0.2, 0.25) is 5.91 Å². The van der Waals surface area contributed by atoms with Gasteiger partial charge >= 0.3 is 12.1 Å². The molecule has 2 amide bonds. The number of amides is 2. The largest absolute Gasteiger partial charge is 0.481 e. The zero-order valence-corrected chi connectivity index (χ0v) is 19.7. The van der Waals surface area contributed by atoms with Crippen LogP contribution in [-0.4, -0.2) is 41.8 Å². The summed E-state index contributed by atoms with van der Waals surface area (Å²) in [7, 11) is 0. The zero-order chi connectivity index (χ0) is 24.4. The fraction of sp³-hybridized carbons (Fsp3) is 0.464. The molecule has 0 radical (unpaired) electrons. The molecule has 0 aromatic heterocycles. The van der Waals surface area contributed by atoms with Gasteiger partial charge in [-0.15, -0.1) is 0 Å². The van der Waals surface area contributed by atoms with Gasteiger partial charge in [-0.05, 0) is 60.3 Å². The van der Waals surface area contributed by atoms with Gasteiger partial charge in [0.15, 0.2) is 0 Å². The summed E-state index contributed by atoms with van der Waals surface area (Å²) in [6.45, 7) is 0.247. The Labute approximate surface area is 205 Å². The Morgan fingerprint density at radius 2 is 1.57 bits per heavy atom. The third kappa shape index (κ3) is 5.04. The topological polar surface area (TPSA) is 105 Å². The minimum Gasteiger partial charge on any atom is -0.481 e. The number of benzene rings is 2. The normalized spacial score (nSPS) is 25.0. The van der Waals surface area contributed by atoms with Crippen molar-refractivity contribution < 1.29 is 24.2 Å². The summed E-state index contributed by atoms with van der Waals surface area (Å²) in [5, 5.41) is 15.0. The number of carbonyl (C=O) groups is 3. The molecule has 0 saturated heterocycles. The van der Waals surface area contributed by atoms with E-state index in [1.165, 1.54) is 11.1 Å². The Hall–Kier alpha value is -3.35. The lowest BCUT2D eigenvalue weighted by Crippen LogP contribution is -2.46. The van der Waals surface area contributed by atoms with Crippen molar-refractivity contribution in [3.63, 3.8) is 0 Å². The van der Waals surface area contributed by atoms with Crippen LogP contribution in [-0.2, 0) is 14.3 Å². The Morgan fingerprint density at radius 1 is 0.886 bits per heavy atom. The van der Waals surface area contributed by atoms with E-state index in [9.17, 15) is 14.4 Å². The Balaban J connectivity index is 1.15. The van der Waals surface area contributed by atoms with Crippen molar-refractivity contribution in [2.45, 2.75) is 62.9 Å². The van der Waals surface area contributed by atoms with Crippen molar-refractivity contribution >= 4 is 18.0 Å². The summed E-state index contributed by atoms with van der Waals surface area (Å²) in [6.07, 6.45) is 4.35. The third-order valence-corrected chi connectivity index (χ3v) is 7.85. The van der Waals surface area contributed by atoms with Gasteiger partial charge in [0, 0.05) is 24.4 Å². The number of carboxylic acid groups (broad SMARTS) is 1. The summed E-state index contributed by atoms with van der Waals surface area (Å²) in [6, 6.07) is 16.2. The smallest absolute Gasteiger partial charge is 0.407 e. The molecule has 3 N–H and O–H groups in total. The molecule has 2 aromatic rings. The third-order valence-electron chi connectivity index (χ3n) is 7.85. The number of hydrogen-bond donors (Lipinski definition) is 3. The monoisotopic (exact) mass is 476 g/mol. The van der Waals surface area contributed by atoms with Gasteiger partial charge in [-0.25, -0.2) is 4.79 Å². The van der Waals surface area contributed by atoms with Crippen LogP contribution in [0.1, 0.15) is 62.0 Å². The lowest BCUT2D eigenvalue weighted by atomic mass is 9.98. The number of carbonyl (C=O) groups excluding carboxylic acids is 2. The highest BCUT2D eigenvalue weighted by molar-refractivity contribution is 5.81. The maximum Gasteiger partial charge on any atom is 0.407 e. The maximum atomic E-state index is 12.9. The van der Waals surface area contributed by atoms with Crippen LogP contribution in [0.25, 0.3) is 11.1 Å². The van der Waals surface area contributed by atoms with Gasteiger partial charge in [0.1, 0.15) is 6.61 Å². The molecule has 0 heterocycles. The van der Waals surface area contributed by atoms with Crippen molar-refractivity contribution in [1.29, 1.82) is 0 Å². The van der Waals surface area contributed by atoms with E-state index in [1.54, 1.807) is 0 Å². The van der Waals surface area contributed by atoms with Crippen molar-refractivity contribution in [3.05, 3.63) is 59.7 Å². The number of fused-ring (bicyclic) bond motifs is 3. The molecule has 0 bridgehead atoms. The van der Waals surface area contributed by atoms with Gasteiger partial charge in [-0.2, -0.15) is 0 Å². The molecule has 5 rings (SSSR count). The molecule has 3 aliphatic rings. The van der Waals surface area contributed by atoms with Crippen LogP contribution in [0.5, 0.6) is 0 Å². The van der Waals surface area contributed by atoms with Crippen LogP contribution < -0.4 is 10.6 Å². The average molecular weight is 477 g/mol. The maximum absolute atomic E-state index is 12.9. The first kappa shape index (κ1) is 23.4. The summed E-state index contributed by atoms with van der Waals surface area (Å²) in [5.41, 5.74) is 4.69. The fourth-order valence-corrected chi connectivity index (χ4v) is 6.18. The van der Waals surface area contributed by atoms with E-state index in [1.807, 2.05) is 24.3 Å². The highest BCUT2D eigenvalue weighted by Gasteiger charge is 2.37. The van der Waals surface area contributed by atoms with Gasteiger partial charge < -0.3 is 20.5 Å². The van der Waals surface area contributed by atoms with Crippen molar-refractivity contribution in [1.82, 2.24) is 10.6 Å². The number of carboxylic acids is 1. The quantitative estimate of drug-likeness (QED) is 0.548. The Morgan fingerprint density at radius 3 is 2.26 bits per heavy atom. The standard InChI is InChI=1S/C28H32N2O5/c31-26(32)15-17-12-13-18(14-17)29-27(33)23-10-5-11-25(23)30-28(34)35-16-24-21-8-3-1-6-19(21)20-7-2-4-9-22(20)24/h1-4,6-9,17-18,23-25H,5,10-16H2,(H,29,33)(H,30,34)(H,31,32)/t17-,18+,23?,25?/m0/s1. The molecule has 2 saturated carbocycles. The second-order valence-electron chi connectivity index (χ2n) is 10.1. The van der Waals surface area contributed by atoms with Gasteiger partial charge in [-0.3, -0.25) is 9.59 Å². The molecular formula is C28H32N2O5. The molecule has 2 fully saturated rings. The van der Waals surface area contributed by atoms with E-state index in [0.29, 0.717) is 6.42 Å². The molecule has 2 aromatic carbocycles. The van der Waals surface area contributed by atoms with Crippen LogP contribution >= 0.6 is 0 Å². The summed E-state index contributed by atoms with van der Waals surface area (Å²) >= 11 is 0. The molecule has 35 heavy (non-hydrogen) atoms. The molecule has 0 aliphatic heterocycles. The van der Waals surface area contributed by atoms with E-state index < -0.39 is 12.1 Å². The number of ether oxygens (including phenoxy) is 1. The first-order valence-corrected chi connectivity index (χ1v) is 12.6. The molecule has 2 unspecified atom stereocenters. The molecule has 7 heteroatoms. The minimum absolute atomic E-state index is 0.00283. The van der Waals surface area contributed by atoms with E-state index >= 15 is 0 Å². The predicted molar refractivity (Wildman–Crippen MR) is 131 cm³/mol. The lowest BCUT2D eigenvalue weighted by molar-refractivity contribution is -0.138. The molecule has 184 valence electrons. The molecular weight excluding hydrogens is 444 g/mol. The van der Waals surface area contributed by atoms with Crippen LogP contribution in [0.3, 0.4) is 0 Å². The summed E-state index contributed by atoms with van der Waals surface area (Å²) in [4.78, 5) is 36.6. The van der Waals surface area contributed by atoms with E-state index in [4.69, 9.17) is 9.84 Å². The number of hydrogen-bond acceptors (Lipinski definition) is 4. The Kier molecular flexibility index (Phi) is 6.75. The Bertz CT molecular complexity index is 1070. The number of nitrogens with one attached hydrogen (secondary N) is 2. The molecule has 0 spiro atoms. The van der Waals surface area contributed by atoms with Gasteiger partial charge in [-0.1, -0.05) is 55.0 Å². The SMILES string of the molecule is O=C(O)C[C@H]1CC[C@@H](NC(=O)C2CCCC2NC(=O)OCC2c3ccccc3-c3ccccc32)C1. The van der Waals surface area contributed by atoms with E-state index in [0.717, 1.165) is 43.2 Å². The summed E-state index contributed by atoms with van der Waals surface area (Å²) in [5.74, 6) is -1.00. The van der Waals surface area contributed by atoms with Crippen molar-refractivity contribution in [2.24, 2.45) is 11.8 Å². The average Bonchev–Trinajstić information content (AvgIpc) is 3.55. The highest BCUT2D eigenvalue weighted by Crippen LogP contribution is 2.44. The second kappa shape index (κ2) is 10.1. The first-order chi connectivity index (χ1) is 17.0. The van der Waals surface area contributed by atoms with Crippen molar-refractivity contribution in [2.75, 3.05) is 6.61 Å². The minimum atomic E-state index is -0.787. The van der Waals surface area contributed by atoms with Crippen LogP contribution in [0.2, 0.25) is 0 Å².